The van der Waals surface area contributed by atoms with Crippen molar-refractivity contribution < 1.29 is 19.1 Å². The molecule has 23 heavy (non-hydrogen) atoms. The number of esters is 2. The van der Waals surface area contributed by atoms with Crippen LogP contribution in [0.2, 0.25) is 0 Å². The molecule has 2 N–H and O–H groups in total. The van der Waals surface area contributed by atoms with Gasteiger partial charge in [-0.3, -0.25) is 4.98 Å². The largest absolute Gasteiger partial charge is 0.462 e. The Bertz CT molecular complexity index is 767. The SMILES string of the molecule is CCOC(=O)c1sc(N)c(C#N)c1COC(=O)c1cnccn1. The number of hydrogen-bond donors (Lipinski definition) is 1. The van der Waals surface area contributed by atoms with Gasteiger partial charge in [-0.15, -0.1) is 11.3 Å². The fourth-order valence-electron chi connectivity index (χ4n) is 1.72. The van der Waals surface area contributed by atoms with Crippen LogP contribution in [0, 0.1) is 11.3 Å². The number of nitriles is 1. The van der Waals surface area contributed by atoms with Gasteiger partial charge >= 0.3 is 11.9 Å². The maximum Gasteiger partial charge on any atom is 0.358 e. The molecule has 0 atom stereocenters. The zero-order valence-electron chi connectivity index (χ0n) is 12.1. The van der Waals surface area contributed by atoms with Crippen LogP contribution in [0.1, 0.15) is 38.2 Å². The molecule has 0 aliphatic carbocycles. The minimum atomic E-state index is -0.721. The third-order valence-corrected chi connectivity index (χ3v) is 3.77. The fraction of sp³-hybridized carbons (Fsp3) is 0.214. The third-order valence-electron chi connectivity index (χ3n) is 2.73. The standard InChI is InChI=1S/C14H12N4O4S/c1-2-21-14(20)11-9(8(5-15)12(16)23-11)7-22-13(19)10-6-17-3-4-18-10/h3-4,6H,2,7,16H2,1H3. The van der Waals surface area contributed by atoms with Gasteiger partial charge in [0.25, 0.3) is 0 Å². The molecule has 2 heterocycles. The van der Waals surface area contributed by atoms with Crippen molar-refractivity contribution in [3.05, 3.63) is 40.3 Å². The number of carbonyl (C=O) groups is 2. The van der Waals surface area contributed by atoms with Crippen molar-refractivity contribution in [1.29, 1.82) is 5.26 Å². The van der Waals surface area contributed by atoms with Gasteiger partial charge in [0.05, 0.1) is 18.4 Å². The van der Waals surface area contributed by atoms with Gasteiger partial charge in [-0.1, -0.05) is 0 Å². The molecule has 0 saturated heterocycles. The normalized spacial score (nSPS) is 9.91. The minimum Gasteiger partial charge on any atom is -0.462 e. The number of carbonyl (C=O) groups excluding carboxylic acids is 2. The minimum absolute atomic E-state index is 0.0203. The summed E-state index contributed by atoms with van der Waals surface area (Å²) in [4.78, 5) is 31.5. The second-order valence-corrected chi connectivity index (χ2v) is 5.20. The predicted octanol–water partition coefficient (Wildman–Crippen LogP) is 1.53. The van der Waals surface area contributed by atoms with Gasteiger partial charge in [0.15, 0.2) is 5.69 Å². The Balaban J connectivity index is 2.23. The zero-order valence-corrected chi connectivity index (χ0v) is 12.9. The van der Waals surface area contributed by atoms with E-state index in [9.17, 15) is 9.59 Å². The van der Waals surface area contributed by atoms with Gasteiger partial charge in [-0.25, -0.2) is 14.6 Å². The van der Waals surface area contributed by atoms with Crippen LogP contribution in [0.25, 0.3) is 0 Å². The van der Waals surface area contributed by atoms with Crippen LogP contribution in [-0.2, 0) is 16.1 Å². The molecule has 9 heteroatoms. The first-order chi connectivity index (χ1) is 11.1. The Hall–Kier alpha value is -2.99. The van der Waals surface area contributed by atoms with Gasteiger partial charge in [0.2, 0.25) is 0 Å². The average molecular weight is 332 g/mol. The number of anilines is 1. The lowest BCUT2D eigenvalue weighted by Gasteiger charge is -2.06. The molecule has 0 aromatic carbocycles. The second kappa shape index (κ2) is 7.33. The Morgan fingerprint density at radius 1 is 1.35 bits per heavy atom. The van der Waals surface area contributed by atoms with Crippen molar-refractivity contribution in [2.75, 3.05) is 12.3 Å². The number of ether oxygens (including phenoxy) is 2. The molecule has 0 aliphatic rings. The molecule has 0 unspecified atom stereocenters. The molecule has 0 spiro atoms. The molecule has 0 amide bonds. The lowest BCUT2D eigenvalue weighted by atomic mass is 10.1. The van der Waals surface area contributed by atoms with E-state index in [-0.39, 0.29) is 39.9 Å². The van der Waals surface area contributed by atoms with Crippen LogP contribution in [0.3, 0.4) is 0 Å². The van der Waals surface area contributed by atoms with Crippen LogP contribution in [0.5, 0.6) is 0 Å². The highest BCUT2D eigenvalue weighted by molar-refractivity contribution is 7.18. The average Bonchev–Trinajstić information content (AvgIpc) is 2.89. The van der Waals surface area contributed by atoms with Gasteiger partial charge < -0.3 is 15.2 Å². The highest BCUT2D eigenvalue weighted by atomic mass is 32.1. The van der Waals surface area contributed by atoms with E-state index in [1.807, 2.05) is 6.07 Å². The van der Waals surface area contributed by atoms with Gasteiger partial charge in [-0.2, -0.15) is 5.26 Å². The van der Waals surface area contributed by atoms with Crippen molar-refractivity contribution in [2.24, 2.45) is 0 Å². The number of nitrogens with zero attached hydrogens (tertiary/aromatic N) is 3. The Kier molecular flexibility index (Phi) is 5.22. The molecular weight excluding hydrogens is 320 g/mol. The summed E-state index contributed by atoms with van der Waals surface area (Å²) in [5.74, 6) is -1.34. The monoisotopic (exact) mass is 332 g/mol. The molecule has 0 aliphatic heterocycles. The van der Waals surface area contributed by atoms with E-state index in [2.05, 4.69) is 9.97 Å². The number of rotatable bonds is 5. The van der Waals surface area contributed by atoms with E-state index in [0.29, 0.717) is 0 Å². The summed E-state index contributed by atoms with van der Waals surface area (Å²) in [5, 5.41) is 9.34. The van der Waals surface area contributed by atoms with Crippen LogP contribution >= 0.6 is 11.3 Å². The molecule has 118 valence electrons. The molecule has 0 bridgehead atoms. The molecule has 2 rings (SSSR count). The number of thiophene rings is 1. The molecule has 0 saturated carbocycles. The van der Waals surface area contributed by atoms with Gasteiger partial charge in [0, 0.05) is 18.0 Å². The first kappa shape index (κ1) is 16.4. The van der Waals surface area contributed by atoms with E-state index in [1.165, 1.54) is 18.6 Å². The smallest absolute Gasteiger partial charge is 0.358 e. The second-order valence-electron chi connectivity index (χ2n) is 4.15. The molecule has 0 fully saturated rings. The number of nitrogen functional groups attached to an aromatic ring is 1. The van der Waals surface area contributed by atoms with Crippen molar-refractivity contribution in [3.63, 3.8) is 0 Å². The van der Waals surface area contributed by atoms with Crippen molar-refractivity contribution in [3.8, 4) is 6.07 Å². The number of nitrogens with two attached hydrogens (primary N) is 1. The van der Waals surface area contributed by atoms with E-state index < -0.39 is 11.9 Å². The van der Waals surface area contributed by atoms with E-state index in [4.69, 9.17) is 20.5 Å². The molecule has 2 aromatic heterocycles. The molecular formula is C14H12N4O4S. The third kappa shape index (κ3) is 3.61. The van der Waals surface area contributed by atoms with E-state index >= 15 is 0 Å². The summed E-state index contributed by atoms with van der Waals surface area (Å²) in [5.41, 5.74) is 6.08. The van der Waals surface area contributed by atoms with Gasteiger partial charge in [-0.05, 0) is 6.92 Å². The lowest BCUT2D eigenvalue weighted by molar-refractivity contribution is 0.0446. The Morgan fingerprint density at radius 3 is 2.74 bits per heavy atom. The van der Waals surface area contributed by atoms with Crippen molar-refractivity contribution >= 4 is 28.3 Å². The Morgan fingerprint density at radius 2 is 2.13 bits per heavy atom. The summed E-state index contributed by atoms with van der Waals surface area (Å²) in [6, 6.07) is 1.90. The van der Waals surface area contributed by atoms with Crippen molar-refractivity contribution in [2.45, 2.75) is 13.5 Å². The zero-order chi connectivity index (χ0) is 16.8. The molecule has 0 radical (unpaired) electrons. The Labute approximate surface area is 135 Å². The highest BCUT2D eigenvalue weighted by Gasteiger charge is 2.24. The van der Waals surface area contributed by atoms with Crippen LogP contribution < -0.4 is 5.73 Å². The summed E-state index contributed by atoms with van der Waals surface area (Å²) < 4.78 is 10.0. The maximum absolute atomic E-state index is 11.9. The fourth-order valence-corrected chi connectivity index (χ4v) is 2.64. The summed E-state index contributed by atoms with van der Waals surface area (Å²) in [6.07, 6.45) is 4.02. The van der Waals surface area contributed by atoms with E-state index in [1.54, 1.807) is 6.92 Å². The first-order valence-corrected chi connectivity index (χ1v) is 7.31. The predicted molar refractivity (Wildman–Crippen MR) is 80.6 cm³/mol. The summed E-state index contributed by atoms with van der Waals surface area (Å²) in [6.45, 7) is 1.55. The van der Waals surface area contributed by atoms with Gasteiger partial charge in [0.1, 0.15) is 22.6 Å². The van der Waals surface area contributed by atoms with Crippen LogP contribution in [0.15, 0.2) is 18.6 Å². The van der Waals surface area contributed by atoms with E-state index in [0.717, 1.165) is 11.3 Å². The highest BCUT2D eigenvalue weighted by Crippen LogP contribution is 2.31. The molecule has 2 aromatic rings. The topological polar surface area (TPSA) is 128 Å². The summed E-state index contributed by atoms with van der Waals surface area (Å²) in [7, 11) is 0. The first-order valence-electron chi connectivity index (χ1n) is 6.50. The van der Waals surface area contributed by atoms with Crippen LogP contribution in [-0.4, -0.2) is 28.5 Å². The quantitative estimate of drug-likeness (QED) is 0.816. The van der Waals surface area contributed by atoms with Crippen LogP contribution in [0.4, 0.5) is 5.00 Å². The molecule has 8 nitrogen and oxygen atoms in total. The number of aromatic nitrogens is 2. The number of hydrogen-bond acceptors (Lipinski definition) is 9. The van der Waals surface area contributed by atoms with Crippen molar-refractivity contribution in [1.82, 2.24) is 9.97 Å². The lowest BCUT2D eigenvalue weighted by Crippen LogP contribution is -2.11. The summed E-state index contributed by atoms with van der Waals surface area (Å²) >= 11 is 0.923. The maximum atomic E-state index is 11.9.